The standard InChI is InChI=1S/C19H28N2O2/c1-15-9-12-20(13-10-15)19(22)14-21-11-3-4-18(21)16-5-7-17(23-2)8-6-16/h5-8,15,18H,3-4,9-14H2,1-2H3. The molecule has 3 rings (SSSR count). The highest BCUT2D eigenvalue weighted by Gasteiger charge is 2.29. The minimum Gasteiger partial charge on any atom is -0.497 e. The van der Waals surface area contributed by atoms with Crippen molar-refractivity contribution >= 4 is 5.91 Å². The zero-order chi connectivity index (χ0) is 16.2. The predicted octanol–water partition coefficient (Wildman–Crippen LogP) is 3.09. The molecule has 1 atom stereocenters. The van der Waals surface area contributed by atoms with E-state index in [-0.39, 0.29) is 0 Å². The van der Waals surface area contributed by atoms with Crippen LogP contribution in [-0.4, -0.2) is 49.0 Å². The second kappa shape index (κ2) is 7.35. The molecule has 2 saturated heterocycles. The van der Waals surface area contributed by atoms with Crippen LogP contribution < -0.4 is 4.74 Å². The Bertz CT molecular complexity index is 521. The minimum atomic E-state index is 0.303. The Labute approximate surface area is 139 Å². The van der Waals surface area contributed by atoms with Crippen molar-refractivity contribution in [1.82, 2.24) is 9.80 Å². The quantitative estimate of drug-likeness (QED) is 0.856. The Morgan fingerprint density at radius 1 is 1.13 bits per heavy atom. The summed E-state index contributed by atoms with van der Waals surface area (Å²) in [5.41, 5.74) is 1.29. The van der Waals surface area contributed by atoms with Gasteiger partial charge in [-0.05, 0) is 55.8 Å². The van der Waals surface area contributed by atoms with Crippen LogP contribution in [0.2, 0.25) is 0 Å². The summed E-state index contributed by atoms with van der Waals surface area (Å²) < 4.78 is 5.24. The van der Waals surface area contributed by atoms with Crippen LogP contribution in [-0.2, 0) is 4.79 Å². The smallest absolute Gasteiger partial charge is 0.236 e. The number of likely N-dealkylation sites (tertiary alicyclic amines) is 2. The maximum Gasteiger partial charge on any atom is 0.236 e. The molecule has 1 amide bonds. The zero-order valence-electron chi connectivity index (χ0n) is 14.3. The number of amides is 1. The van der Waals surface area contributed by atoms with E-state index in [2.05, 4.69) is 28.9 Å². The number of rotatable bonds is 4. The van der Waals surface area contributed by atoms with Crippen molar-refractivity contribution in [3.8, 4) is 5.75 Å². The molecule has 0 spiro atoms. The summed E-state index contributed by atoms with van der Waals surface area (Å²) in [6, 6.07) is 8.66. The van der Waals surface area contributed by atoms with Crippen molar-refractivity contribution in [3.63, 3.8) is 0 Å². The third kappa shape index (κ3) is 3.86. The Hall–Kier alpha value is -1.55. The molecule has 0 radical (unpaired) electrons. The van der Waals surface area contributed by atoms with E-state index in [1.165, 1.54) is 12.0 Å². The second-order valence-electron chi connectivity index (χ2n) is 6.96. The van der Waals surface area contributed by atoms with E-state index in [0.717, 1.165) is 50.6 Å². The van der Waals surface area contributed by atoms with Crippen LogP contribution in [0.1, 0.15) is 44.2 Å². The molecule has 2 heterocycles. The highest BCUT2D eigenvalue weighted by molar-refractivity contribution is 5.78. The molecule has 23 heavy (non-hydrogen) atoms. The number of ether oxygens (including phenoxy) is 1. The highest BCUT2D eigenvalue weighted by Crippen LogP contribution is 2.32. The van der Waals surface area contributed by atoms with Gasteiger partial charge in [-0.25, -0.2) is 0 Å². The maximum atomic E-state index is 12.6. The van der Waals surface area contributed by atoms with Crippen molar-refractivity contribution in [2.75, 3.05) is 33.3 Å². The van der Waals surface area contributed by atoms with Gasteiger partial charge in [0.05, 0.1) is 13.7 Å². The van der Waals surface area contributed by atoms with Crippen LogP contribution in [0.25, 0.3) is 0 Å². The number of piperidine rings is 1. The van der Waals surface area contributed by atoms with Gasteiger partial charge in [0, 0.05) is 19.1 Å². The van der Waals surface area contributed by atoms with E-state index >= 15 is 0 Å². The highest BCUT2D eigenvalue weighted by atomic mass is 16.5. The lowest BCUT2D eigenvalue weighted by molar-refractivity contribution is -0.134. The van der Waals surface area contributed by atoms with Crippen LogP contribution in [0.3, 0.4) is 0 Å². The fourth-order valence-electron chi connectivity index (χ4n) is 3.75. The second-order valence-corrected chi connectivity index (χ2v) is 6.96. The molecular weight excluding hydrogens is 288 g/mol. The predicted molar refractivity (Wildman–Crippen MR) is 91.5 cm³/mol. The van der Waals surface area contributed by atoms with Crippen molar-refractivity contribution < 1.29 is 9.53 Å². The SMILES string of the molecule is COc1ccc(C2CCCN2CC(=O)N2CCC(C)CC2)cc1. The van der Waals surface area contributed by atoms with Gasteiger partial charge in [0.2, 0.25) is 5.91 Å². The molecule has 2 aliphatic heterocycles. The molecular formula is C19H28N2O2. The van der Waals surface area contributed by atoms with Crippen LogP contribution in [0, 0.1) is 5.92 Å². The average molecular weight is 316 g/mol. The molecule has 126 valence electrons. The third-order valence-corrected chi connectivity index (χ3v) is 5.34. The molecule has 1 aromatic rings. The Morgan fingerprint density at radius 2 is 1.83 bits per heavy atom. The lowest BCUT2D eigenvalue weighted by Crippen LogP contribution is -2.43. The van der Waals surface area contributed by atoms with Gasteiger partial charge in [-0.1, -0.05) is 19.1 Å². The molecule has 0 bridgehead atoms. The van der Waals surface area contributed by atoms with Gasteiger partial charge >= 0.3 is 0 Å². The maximum absolute atomic E-state index is 12.6. The molecule has 4 heteroatoms. The number of methoxy groups -OCH3 is 1. The van der Waals surface area contributed by atoms with Crippen molar-refractivity contribution in [2.45, 2.75) is 38.6 Å². The Balaban J connectivity index is 1.61. The molecule has 1 aromatic carbocycles. The van der Waals surface area contributed by atoms with Crippen molar-refractivity contribution in [2.24, 2.45) is 5.92 Å². The molecule has 4 nitrogen and oxygen atoms in total. The first-order valence-electron chi connectivity index (χ1n) is 8.83. The normalized spacial score (nSPS) is 23.2. The average Bonchev–Trinajstić information content (AvgIpc) is 3.03. The topological polar surface area (TPSA) is 32.8 Å². The van der Waals surface area contributed by atoms with Crippen molar-refractivity contribution in [1.29, 1.82) is 0 Å². The lowest BCUT2D eigenvalue weighted by Gasteiger charge is -2.33. The molecule has 0 aromatic heterocycles. The van der Waals surface area contributed by atoms with E-state index in [9.17, 15) is 4.79 Å². The summed E-state index contributed by atoms with van der Waals surface area (Å²) in [7, 11) is 1.69. The van der Waals surface area contributed by atoms with Crippen LogP contribution in [0.5, 0.6) is 5.75 Å². The number of carbonyl (C=O) groups excluding carboxylic acids is 1. The minimum absolute atomic E-state index is 0.303. The molecule has 0 saturated carbocycles. The first kappa shape index (κ1) is 16.3. The van der Waals surface area contributed by atoms with Gasteiger partial charge in [-0.2, -0.15) is 0 Å². The summed E-state index contributed by atoms with van der Waals surface area (Å²) in [6.45, 7) is 5.72. The van der Waals surface area contributed by atoms with E-state index in [1.807, 2.05) is 12.1 Å². The molecule has 2 fully saturated rings. The van der Waals surface area contributed by atoms with E-state index in [1.54, 1.807) is 7.11 Å². The Morgan fingerprint density at radius 3 is 2.48 bits per heavy atom. The van der Waals surface area contributed by atoms with Gasteiger partial charge in [0.15, 0.2) is 0 Å². The van der Waals surface area contributed by atoms with Crippen molar-refractivity contribution in [3.05, 3.63) is 29.8 Å². The van der Waals surface area contributed by atoms with Crippen LogP contribution in [0.15, 0.2) is 24.3 Å². The summed E-state index contributed by atoms with van der Waals surface area (Å²) in [6.07, 6.45) is 4.60. The molecule has 2 aliphatic rings. The van der Waals surface area contributed by atoms with E-state index in [4.69, 9.17) is 4.74 Å². The van der Waals surface area contributed by atoms with E-state index in [0.29, 0.717) is 18.5 Å². The summed E-state index contributed by atoms with van der Waals surface area (Å²) in [5, 5.41) is 0. The summed E-state index contributed by atoms with van der Waals surface area (Å²) in [5.74, 6) is 1.95. The van der Waals surface area contributed by atoms with E-state index < -0.39 is 0 Å². The molecule has 1 unspecified atom stereocenters. The van der Waals surface area contributed by atoms with Crippen LogP contribution in [0.4, 0.5) is 0 Å². The largest absolute Gasteiger partial charge is 0.497 e. The monoisotopic (exact) mass is 316 g/mol. The summed E-state index contributed by atoms with van der Waals surface area (Å²) in [4.78, 5) is 17.0. The molecule has 0 N–H and O–H groups in total. The first-order chi connectivity index (χ1) is 11.2. The number of benzene rings is 1. The van der Waals surface area contributed by atoms with Gasteiger partial charge in [-0.3, -0.25) is 9.69 Å². The Kier molecular flexibility index (Phi) is 5.21. The van der Waals surface area contributed by atoms with Gasteiger partial charge < -0.3 is 9.64 Å². The fraction of sp³-hybridized carbons (Fsp3) is 0.632. The lowest BCUT2D eigenvalue weighted by atomic mass is 9.99. The number of carbonyl (C=O) groups is 1. The number of hydrogen-bond donors (Lipinski definition) is 0. The third-order valence-electron chi connectivity index (χ3n) is 5.34. The molecule has 0 aliphatic carbocycles. The van der Waals surface area contributed by atoms with Gasteiger partial charge in [0.1, 0.15) is 5.75 Å². The fourth-order valence-corrected chi connectivity index (χ4v) is 3.75. The number of hydrogen-bond acceptors (Lipinski definition) is 3. The van der Waals surface area contributed by atoms with Gasteiger partial charge in [-0.15, -0.1) is 0 Å². The summed E-state index contributed by atoms with van der Waals surface area (Å²) >= 11 is 0. The zero-order valence-corrected chi connectivity index (χ0v) is 14.3. The van der Waals surface area contributed by atoms with Crippen LogP contribution >= 0.6 is 0 Å². The first-order valence-corrected chi connectivity index (χ1v) is 8.83. The number of nitrogens with zero attached hydrogens (tertiary/aromatic N) is 2. The van der Waals surface area contributed by atoms with Gasteiger partial charge in [0.25, 0.3) is 0 Å².